The summed E-state index contributed by atoms with van der Waals surface area (Å²) in [6.45, 7) is 4.97. The molecule has 2 aromatic heterocycles. The van der Waals surface area contributed by atoms with Crippen molar-refractivity contribution >= 4 is 39.7 Å². The number of aromatic nitrogens is 3. The first kappa shape index (κ1) is 24.3. The largest absolute Gasteiger partial charge is 0.378 e. The van der Waals surface area contributed by atoms with Crippen LogP contribution in [0.5, 0.6) is 0 Å². The van der Waals surface area contributed by atoms with Gasteiger partial charge in [-0.2, -0.15) is 5.26 Å². The molecule has 1 aliphatic carbocycles. The van der Waals surface area contributed by atoms with Gasteiger partial charge in [0.1, 0.15) is 11.1 Å². The molecule has 2 heterocycles. The fourth-order valence-corrected chi connectivity index (χ4v) is 6.44. The number of hydrogen-bond acceptors (Lipinski definition) is 7. The van der Waals surface area contributed by atoms with E-state index in [4.69, 9.17) is 0 Å². The quantitative estimate of drug-likeness (QED) is 0.433. The molecule has 7 nitrogen and oxygen atoms in total. The third kappa shape index (κ3) is 4.98. The molecule has 3 aromatic rings. The van der Waals surface area contributed by atoms with E-state index in [9.17, 15) is 10.1 Å². The second kappa shape index (κ2) is 10.6. The second-order valence-electron chi connectivity index (χ2n) is 8.67. The maximum absolute atomic E-state index is 12.8. The SMILES string of the molecule is CCC1CCc2c(sc(NC(=O)CSc3nnc(-c4ccc(N(C)C)cc4)n3CC)c2C#N)C1. The maximum atomic E-state index is 12.8. The van der Waals surface area contributed by atoms with Crippen molar-refractivity contribution in [1.82, 2.24) is 14.8 Å². The highest BCUT2D eigenvalue weighted by atomic mass is 32.2. The predicted octanol–water partition coefficient (Wildman–Crippen LogP) is 5.21. The zero-order valence-corrected chi connectivity index (χ0v) is 21.7. The van der Waals surface area contributed by atoms with Crippen molar-refractivity contribution in [2.24, 2.45) is 5.92 Å². The second-order valence-corrected chi connectivity index (χ2v) is 10.7. The van der Waals surface area contributed by atoms with E-state index in [1.54, 1.807) is 11.3 Å². The van der Waals surface area contributed by atoms with Gasteiger partial charge in [-0.1, -0.05) is 25.1 Å². The fraction of sp³-hybridized carbons (Fsp3) is 0.440. The minimum absolute atomic E-state index is 0.130. The fourth-order valence-electron chi connectivity index (χ4n) is 4.30. The molecular weight excluding hydrogens is 464 g/mol. The molecule has 4 rings (SSSR count). The standard InChI is InChI=1S/C25H30N6OS2/c1-5-16-7-12-19-20(14-26)24(34-21(19)13-16)27-22(32)15-33-25-29-28-23(31(25)6-2)17-8-10-18(11-9-17)30(3)4/h8-11,16H,5-7,12-13,15H2,1-4H3,(H,27,32). The molecule has 0 bridgehead atoms. The van der Waals surface area contributed by atoms with E-state index in [1.165, 1.54) is 16.6 Å². The van der Waals surface area contributed by atoms with Crippen LogP contribution in [0.4, 0.5) is 10.7 Å². The number of amides is 1. The summed E-state index contributed by atoms with van der Waals surface area (Å²) in [6.07, 6.45) is 4.20. The molecule has 1 N–H and O–H groups in total. The van der Waals surface area contributed by atoms with Crippen LogP contribution in [0.1, 0.15) is 42.7 Å². The summed E-state index contributed by atoms with van der Waals surface area (Å²) in [6, 6.07) is 10.5. The molecule has 34 heavy (non-hydrogen) atoms. The molecule has 178 valence electrons. The van der Waals surface area contributed by atoms with Gasteiger partial charge >= 0.3 is 0 Å². The van der Waals surface area contributed by atoms with Gasteiger partial charge in [-0.3, -0.25) is 4.79 Å². The number of nitrogens with zero attached hydrogens (tertiary/aromatic N) is 5. The minimum Gasteiger partial charge on any atom is -0.378 e. The van der Waals surface area contributed by atoms with Crippen LogP contribution in [0.15, 0.2) is 29.4 Å². The Kier molecular flexibility index (Phi) is 7.59. The third-order valence-corrected chi connectivity index (χ3v) is 8.45. The Balaban J connectivity index is 1.44. The first-order valence-corrected chi connectivity index (χ1v) is 13.4. The molecule has 0 aliphatic heterocycles. The average Bonchev–Trinajstić information content (AvgIpc) is 3.42. The zero-order valence-electron chi connectivity index (χ0n) is 20.1. The third-order valence-electron chi connectivity index (χ3n) is 6.32. The van der Waals surface area contributed by atoms with Crippen LogP contribution in [0, 0.1) is 17.2 Å². The molecular formula is C25H30N6OS2. The van der Waals surface area contributed by atoms with Crippen molar-refractivity contribution in [3.05, 3.63) is 40.3 Å². The van der Waals surface area contributed by atoms with Crippen LogP contribution >= 0.6 is 23.1 Å². The van der Waals surface area contributed by atoms with Gasteiger partial charge in [-0.05, 0) is 61.9 Å². The predicted molar refractivity (Wildman–Crippen MR) is 140 cm³/mol. The molecule has 0 radical (unpaired) electrons. The number of fused-ring (bicyclic) bond motifs is 1. The summed E-state index contributed by atoms with van der Waals surface area (Å²) in [5, 5.41) is 22.8. The number of nitrogens with one attached hydrogen (secondary N) is 1. The highest BCUT2D eigenvalue weighted by molar-refractivity contribution is 7.99. The van der Waals surface area contributed by atoms with Gasteiger partial charge in [-0.25, -0.2) is 0 Å². The van der Waals surface area contributed by atoms with Gasteiger partial charge in [0, 0.05) is 36.8 Å². The van der Waals surface area contributed by atoms with E-state index >= 15 is 0 Å². The van der Waals surface area contributed by atoms with Gasteiger partial charge in [0.2, 0.25) is 5.91 Å². The molecule has 1 aliphatic rings. The van der Waals surface area contributed by atoms with Gasteiger partial charge in [0.25, 0.3) is 0 Å². The number of rotatable bonds is 8. The van der Waals surface area contributed by atoms with Crippen molar-refractivity contribution in [3.8, 4) is 17.5 Å². The number of thioether (sulfide) groups is 1. The molecule has 9 heteroatoms. The Bertz CT molecular complexity index is 1210. The number of anilines is 2. The first-order chi connectivity index (χ1) is 16.4. The topological polar surface area (TPSA) is 86.8 Å². The number of carbonyl (C=O) groups excluding carboxylic acids is 1. The normalized spacial score (nSPS) is 15.0. The Hall–Kier alpha value is -2.83. The van der Waals surface area contributed by atoms with Crippen LogP contribution < -0.4 is 10.2 Å². The minimum atomic E-state index is -0.130. The van der Waals surface area contributed by atoms with Crippen LogP contribution in [0.3, 0.4) is 0 Å². The number of hydrogen-bond donors (Lipinski definition) is 1. The van der Waals surface area contributed by atoms with E-state index < -0.39 is 0 Å². The highest BCUT2D eigenvalue weighted by Gasteiger charge is 2.26. The van der Waals surface area contributed by atoms with Crippen LogP contribution in [0.25, 0.3) is 11.4 Å². The summed E-state index contributed by atoms with van der Waals surface area (Å²) in [4.78, 5) is 16.1. The van der Waals surface area contributed by atoms with Crippen molar-refractivity contribution in [1.29, 1.82) is 5.26 Å². The van der Waals surface area contributed by atoms with E-state index in [-0.39, 0.29) is 11.7 Å². The smallest absolute Gasteiger partial charge is 0.235 e. The van der Waals surface area contributed by atoms with Crippen LogP contribution in [-0.2, 0) is 24.2 Å². The Morgan fingerprint density at radius 2 is 2.06 bits per heavy atom. The lowest BCUT2D eigenvalue weighted by molar-refractivity contribution is -0.113. The van der Waals surface area contributed by atoms with E-state index in [1.807, 2.05) is 37.7 Å². The number of thiophene rings is 1. The van der Waals surface area contributed by atoms with Crippen molar-refractivity contribution in [2.45, 2.75) is 51.2 Å². The van der Waals surface area contributed by atoms with Gasteiger partial charge in [0.05, 0.1) is 11.3 Å². The molecule has 1 unspecified atom stereocenters. The average molecular weight is 495 g/mol. The van der Waals surface area contributed by atoms with E-state index in [0.29, 0.717) is 28.2 Å². The molecule has 0 saturated heterocycles. The van der Waals surface area contributed by atoms with Crippen LogP contribution in [0.2, 0.25) is 0 Å². The van der Waals surface area contributed by atoms with E-state index in [2.05, 4.69) is 45.5 Å². The Morgan fingerprint density at radius 3 is 2.71 bits per heavy atom. The van der Waals surface area contributed by atoms with Gasteiger partial charge < -0.3 is 14.8 Å². The summed E-state index contributed by atoms with van der Waals surface area (Å²) in [5.41, 5.74) is 3.89. The number of carbonyl (C=O) groups is 1. The molecule has 0 fully saturated rings. The highest BCUT2D eigenvalue weighted by Crippen LogP contribution is 2.40. The maximum Gasteiger partial charge on any atom is 0.235 e. The number of benzene rings is 1. The lowest BCUT2D eigenvalue weighted by Gasteiger charge is -2.20. The molecule has 1 aromatic carbocycles. The van der Waals surface area contributed by atoms with Gasteiger partial charge in [0.15, 0.2) is 11.0 Å². The summed E-state index contributed by atoms with van der Waals surface area (Å²) in [5.74, 6) is 1.54. The summed E-state index contributed by atoms with van der Waals surface area (Å²) in [7, 11) is 4.02. The lowest BCUT2D eigenvalue weighted by Crippen LogP contribution is -2.15. The van der Waals surface area contributed by atoms with Crippen LogP contribution in [-0.4, -0.2) is 40.5 Å². The molecule has 0 spiro atoms. The first-order valence-electron chi connectivity index (χ1n) is 11.6. The lowest BCUT2D eigenvalue weighted by atomic mass is 9.86. The summed E-state index contributed by atoms with van der Waals surface area (Å²) < 4.78 is 2.03. The Morgan fingerprint density at radius 1 is 1.29 bits per heavy atom. The van der Waals surface area contributed by atoms with Crippen molar-refractivity contribution < 1.29 is 4.79 Å². The Labute approximate surface area is 209 Å². The van der Waals surface area contributed by atoms with Crippen molar-refractivity contribution in [3.63, 3.8) is 0 Å². The van der Waals surface area contributed by atoms with E-state index in [0.717, 1.165) is 48.3 Å². The van der Waals surface area contributed by atoms with Crippen molar-refractivity contribution in [2.75, 3.05) is 30.1 Å². The number of nitriles is 1. The molecule has 1 amide bonds. The molecule has 0 saturated carbocycles. The summed E-state index contributed by atoms with van der Waals surface area (Å²) >= 11 is 2.93. The van der Waals surface area contributed by atoms with Gasteiger partial charge in [-0.15, -0.1) is 21.5 Å². The zero-order chi connectivity index (χ0) is 24.2. The monoisotopic (exact) mass is 494 g/mol. The molecule has 1 atom stereocenters.